The van der Waals surface area contributed by atoms with Gasteiger partial charge >= 0.3 is 0 Å². The molecule has 1 saturated carbocycles. The summed E-state index contributed by atoms with van der Waals surface area (Å²) in [5.41, 5.74) is 2.25. The predicted octanol–water partition coefficient (Wildman–Crippen LogP) is 2.22. The van der Waals surface area contributed by atoms with E-state index < -0.39 is 0 Å². The molecule has 112 valence electrons. The minimum Gasteiger partial charge on any atom is -0.368 e. The number of anilines is 1. The summed E-state index contributed by atoms with van der Waals surface area (Å²) in [5, 5.41) is 22.4. The topological polar surface area (TPSA) is 64.8 Å². The smallest absolute Gasteiger partial charge is 0.187 e. The summed E-state index contributed by atoms with van der Waals surface area (Å²) in [4.78, 5) is 2.31. The second-order valence-corrected chi connectivity index (χ2v) is 6.23. The van der Waals surface area contributed by atoms with Gasteiger partial charge in [-0.25, -0.2) is 0 Å². The zero-order valence-corrected chi connectivity index (χ0v) is 12.5. The second kappa shape index (κ2) is 5.54. The third kappa shape index (κ3) is 2.51. The van der Waals surface area contributed by atoms with Crippen molar-refractivity contribution in [2.24, 2.45) is 0 Å². The molecule has 1 aromatic heterocycles. The van der Waals surface area contributed by atoms with Crippen LogP contribution in [0.3, 0.4) is 0 Å². The first-order valence-electron chi connectivity index (χ1n) is 8.01. The number of hydrogen-bond donors (Lipinski definition) is 1. The van der Waals surface area contributed by atoms with Crippen LogP contribution in [0.5, 0.6) is 0 Å². The maximum absolute atomic E-state index is 9.40. The number of fused-ring (bicyclic) bond motifs is 1. The van der Waals surface area contributed by atoms with Crippen molar-refractivity contribution in [1.82, 2.24) is 15.5 Å². The van der Waals surface area contributed by atoms with Crippen molar-refractivity contribution in [1.29, 1.82) is 5.26 Å². The van der Waals surface area contributed by atoms with E-state index in [1.807, 2.05) is 24.3 Å². The number of benzene rings is 1. The van der Waals surface area contributed by atoms with E-state index in [-0.39, 0.29) is 0 Å². The number of rotatable bonds is 3. The highest BCUT2D eigenvalue weighted by atomic mass is 15.2. The quantitative estimate of drug-likeness (QED) is 0.940. The molecule has 0 amide bonds. The molecule has 5 nitrogen and oxygen atoms in total. The molecule has 1 aliphatic carbocycles. The molecule has 2 fully saturated rings. The van der Waals surface area contributed by atoms with E-state index in [1.54, 1.807) is 0 Å². The summed E-state index contributed by atoms with van der Waals surface area (Å²) in [7, 11) is 0. The molecule has 1 N–H and O–H groups in total. The lowest BCUT2D eigenvalue weighted by Crippen LogP contribution is -2.43. The Kier molecular flexibility index (Phi) is 3.39. The van der Waals surface area contributed by atoms with Crippen LogP contribution in [0.2, 0.25) is 0 Å². The summed E-state index contributed by atoms with van der Waals surface area (Å²) in [6.45, 7) is 1.93. The van der Waals surface area contributed by atoms with Gasteiger partial charge in [0.05, 0.1) is 11.2 Å². The number of nitriles is 1. The van der Waals surface area contributed by atoms with E-state index in [0.29, 0.717) is 11.7 Å². The van der Waals surface area contributed by atoms with Gasteiger partial charge in [-0.3, -0.25) is 0 Å². The molecule has 0 atom stereocenters. The summed E-state index contributed by atoms with van der Waals surface area (Å²) >= 11 is 0. The maximum atomic E-state index is 9.40. The molecule has 0 spiro atoms. The van der Waals surface area contributed by atoms with Crippen LogP contribution in [0.4, 0.5) is 5.69 Å². The molecule has 1 aliphatic heterocycles. The fourth-order valence-corrected chi connectivity index (χ4v) is 3.29. The van der Waals surface area contributed by atoms with Gasteiger partial charge in [0.1, 0.15) is 6.07 Å². The predicted molar refractivity (Wildman–Crippen MR) is 85.6 cm³/mol. The maximum Gasteiger partial charge on any atom is 0.187 e. The van der Waals surface area contributed by atoms with E-state index >= 15 is 0 Å². The third-order valence-corrected chi connectivity index (χ3v) is 4.61. The van der Waals surface area contributed by atoms with Crippen LogP contribution in [0.1, 0.15) is 31.4 Å². The molecule has 5 heteroatoms. The van der Waals surface area contributed by atoms with Crippen molar-refractivity contribution in [3.05, 3.63) is 30.0 Å². The van der Waals surface area contributed by atoms with Crippen LogP contribution < -0.4 is 10.2 Å². The molecule has 2 heterocycles. The summed E-state index contributed by atoms with van der Waals surface area (Å²) in [6, 6.07) is 11.5. The van der Waals surface area contributed by atoms with E-state index in [0.717, 1.165) is 48.6 Å². The Morgan fingerprint density at radius 3 is 2.50 bits per heavy atom. The molecule has 0 unspecified atom stereocenters. The molecule has 22 heavy (non-hydrogen) atoms. The monoisotopic (exact) mass is 293 g/mol. The highest BCUT2D eigenvalue weighted by molar-refractivity contribution is 5.93. The fourth-order valence-electron chi connectivity index (χ4n) is 3.29. The van der Waals surface area contributed by atoms with Crippen molar-refractivity contribution < 1.29 is 0 Å². The molecule has 1 saturated heterocycles. The highest BCUT2D eigenvalue weighted by Crippen LogP contribution is 2.30. The minimum atomic E-state index is 0.437. The summed E-state index contributed by atoms with van der Waals surface area (Å²) in [6.07, 6.45) is 4.91. The molecule has 0 bridgehead atoms. The Bertz CT molecular complexity index is 723. The van der Waals surface area contributed by atoms with Crippen LogP contribution in [0.15, 0.2) is 24.3 Å². The lowest BCUT2D eigenvalue weighted by atomic mass is 10.0. The standard InChI is InChI=1S/C17H19N5/c18-11-16-17(14-3-1-2-4-15(14)20-21-16)22-9-7-13(8-10-22)19-12-5-6-12/h1-4,12-13,19H,5-10H2. The van der Waals surface area contributed by atoms with Gasteiger partial charge in [0.25, 0.3) is 0 Å². The normalized spacial score (nSPS) is 19.3. The van der Waals surface area contributed by atoms with E-state index in [9.17, 15) is 5.26 Å². The first-order chi connectivity index (χ1) is 10.8. The number of piperidine rings is 1. The van der Waals surface area contributed by atoms with Gasteiger partial charge in [0.15, 0.2) is 5.69 Å². The first-order valence-corrected chi connectivity index (χ1v) is 8.01. The number of nitrogens with one attached hydrogen (secondary N) is 1. The molecular weight excluding hydrogens is 274 g/mol. The Hall–Kier alpha value is -2.19. The van der Waals surface area contributed by atoms with Gasteiger partial charge in [0.2, 0.25) is 0 Å². The molecule has 0 radical (unpaired) electrons. The summed E-state index contributed by atoms with van der Waals surface area (Å²) in [5.74, 6) is 0. The zero-order chi connectivity index (χ0) is 14.9. The van der Waals surface area contributed by atoms with Gasteiger partial charge in [-0.05, 0) is 31.7 Å². The van der Waals surface area contributed by atoms with Gasteiger partial charge in [0, 0.05) is 30.6 Å². The molecule has 4 rings (SSSR count). The Balaban J connectivity index is 1.61. The van der Waals surface area contributed by atoms with Gasteiger partial charge in [-0.15, -0.1) is 10.2 Å². The zero-order valence-electron chi connectivity index (χ0n) is 12.5. The lowest BCUT2D eigenvalue weighted by Gasteiger charge is -2.34. The van der Waals surface area contributed by atoms with Crippen LogP contribution >= 0.6 is 0 Å². The van der Waals surface area contributed by atoms with Gasteiger partial charge in [-0.1, -0.05) is 18.2 Å². The van der Waals surface area contributed by atoms with Crippen molar-refractivity contribution in [3.8, 4) is 6.07 Å². The van der Waals surface area contributed by atoms with E-state index in [1.165, 1.54) is 12.8 Å². The largest absolute Gasteiger partial charge is 0.368 e. The van der Waals surface area contributed by atoms with Crippen molar-refractivity contribution in [3.63, 3.8) is 0 Å². The summed E-state index contributed by atoms with van der Waals surface area (Å²) < 4.78 is 0. The Morgan fingerprint density at radius 1 is 1.05 bits per heavy atom. The first kappa shape index (κ1) is 13.5. The molecular formula is C17H19N5. The second-order valence-electron chi connectivity index (χ2n) is 6.23. The van der Waals surface area contributed by atoms with E-state index in [4.69, 9.17) is 0 Å². The van der Waals surface area contributed by atoms with E-state index in [2.05, 4.69) is 26.5 Å². The minimum absolute atomic E-state index is 0.437. The fraction of sp³-hybridized carbons (Fsp3) is 0.471. The van der Waals surface area contributed by atoms with Crippen LogP contribution in [-0.4, -0.2) is 35.4 Å². The van der Waals surface area contributed by atoms with Crippen molar-refractivity contribution in [2.45, 2.75) is 37.8 Å². The molecule has 2 aliphatic rings. The Labute approximate surface area is 129 Å². The van der Waals surface area contributed by atoms with Crippen LogP contribution in [0.25, 0.3) is 10.9 Å². The molecule has 1 aromatic carbocycles. The van der Waals surface area contributed by atoms with Crippen LogP contribution in [0, 0.1) is 11.3 Å². The number of nitrogens with zero attached hydrogens (tertiary/aromatic N) is 4. The lowest BCUT2D eigenvalue weighted by molar-refractivity contribution is 0.413. The van der Waals surface area contributed by atoms with Crippen LogP contribution in [-0.2, 0) is 0 Å². The number of hydrogen-bond acceptors (Lipinski definition) is 5. The average Bonchev–Trinajstić information content (AvgIpc) is 3.38. The number of aromatic nitrogens is 2. The molecule has 2 aromatic rings. The average molecular weight is 293 g/mol. The highest BCUT2D eigenvalue weighted by Gasteiger charge is 2.28. The van der Waals surface area contributed by atoms with Gasteiger partial charge < -0.3 is 10.2 Å². The van der Waals surface area contributed by atoms with Crippen molar-refractivity contribution in [2.75, 3.05) is 18.0 Å². The van der Waals surface area contributed by atoms with Crippen molar-refractivity contribution >= 4 is 16.6 Å². The third-order valence-electron chi connectivity index (χ3n) is 4.61. The Morgan fingerprint density at radius 2 is 1.77 bits per heavy atom. The van der Waals surface area contributed by atoms with Gasteiger partial charge in [-0.2, -0.15) is 5.26 Å². The SMILES string of the molecule is N#Cc1nnc2ccccc2c1N1CCC(NC2CC2)CC1.